The van der Waals surface area contributed by atoms with Gasteiger partial charge in [0, 0.05) is 31.5 Å². The molecule has 26 heavy (non-hydrogen) atoms. The Morgan fingerprint density at radius 2 is 1.81 bits per heavy atom. The normalized spacial score (nSPS) is 11.5. The average molecular weight is 371 g/mol. The number of benzene rings is 1. The Morgan fingerprint density at radius 1 is 1.04 bits per heavy atom. The number of aryl methyl sites for hydroxylation is 2. The molecular formula is C18H21N5O2S. The van der Waals surface area contributed by atoms with Gasteiger partial charge in [0.05, 0.1) is 4.90 Å². The van der Waals surface area contributed by atoms with Crippen molar-refractivity contribution in [3.05, 3.63) is 66.2 Å². The van der Waals surface area contributed by atoms with Crippen molar-refractivity contribution in [2.75, 3.05) is 18.4 Å². The third kappa shape index (κ3) is 4.27. The molecule has 1 aromatic carbocycles. The first kappa shape index (κ1) is 18.1. The maximum absolute atomic E-state index is 12.4. The van der Waals surface area contributed by atoms with Crippen LogP contribution in [0.5, 0.6) is 0 Å². The van der Waals surface area contributed by atoms with Crippen molar-refractivity contribution in [3.8, 4) is 5.82 Å². The number of nitrogens with zero attached hydrogens (tertiary/aromatic N) is 3. The fourth-order valence-electron chi connectivity index (χ4n) is 2.63. The van der Waals surface area contributed by atoms with Crippen LogP contribution in [-0.2, 0) is 10.0 Å². The predicted molar refractivity (Wildman–Crippen MR) is 101 cm³/mol. The first-order valence-corrected chi connectivity index (χ1v) is 9.70. The van der Waals surface area contributed by atoms with E-state index in [0.717, 1.165) is 16.9 Å². The van der Waals surface area contributed by atoms with E-state index in [4.69, 9.17) is 0 Å². The summed E-state index contributed by atoms with van der Waals surface area (Å²) >= 11 is 0. The summed E-state index contributed by atoms with van der Waals surface area (Å²) in [6, 6.07) is 10.9. The Kier molecular flexibility index (Phi) is 5.34. The van der Waals surface area contributed by atoms with Crippen LogP contribution in [0.2, 0.25) is 0 Å². The Bertz CT molecular complexity index is 985. The molecule has 2 N–H and O–H groups in total. The second-order valence-corrected chi connectivity index (χ2v) is 7.68. The third-order valence-corrected chi connectivity index (χ3v) is 5.49. The number of aromatic nitrogens is 3. The molecule has 0 amide bonds. The van der Waals surface area contributed by atoms with Crippen molar-refractivity contribution in [2.45, 2.75) is 18.7 Å². The van der Waals surface area contributed by atoms with E-state index in [9.17, 15) is 8.42 Å². The molecule has 7 nitrogen and oxygen atoms in total. The van der Waals surface area contributed by atoms with Gasteiger partial charge in [-0.15, -0.1) is 0 Å². The molecule has 0 aliphatic rings. The molecule has 136 valence electrons. The summed E-state index contributed by atoms with van der Waals surface area (Å²) in [6.07, 6.45) is 5.26. The molecule has 0 saturated carbocycles. The molecule has 2 aromatic heterocycles. The highest BCUT2D eigenvalue weighted by atomic mass is 32.2. The Balaban J connectivity index is 1.58. The maximum Gasteiger partial charge on any atom is 0.240 e. The second kappa shape index (κ2) is 7.67. The summed E-state index contributed by atoms with van der Waals surface area (Å²) in [6.45, 7) is 4.39. The molecular weight excluding hydrogens is 350 g/mol. The quantitative estimate of drug-likeness (QED) is 0.622. The van der Waals surface area contributed by atoms with Gasteiger partial charge in [-0.2, -0.15) is 0 Å². The number of sulfonamides is 1. The van der Waals surface area contributed by atoms with Crippen LogP contribution in [0.4, 0.5) is 5.82 Å². The van der Waals surface area contributed by atoms with Gasteiger partial charge in [0.25, 0.3) is 0 Å². The lowest BCUT2D eigenvalue weighted by Crippen LogP contribution is -2.29. The maximum atomic E-state index is 12.4. The van der Waals surface area contributed by atoms with Gasteiger partial charge in [0.1, 0.15) is 18.0 Å². The van der Waals surface area contributed by atoms with E-state index < -0.39 is 10.0 Å². The average Bonchev–Trinajstić information content (AvgIpc) is 3.13. The van der Waals surface area contributed by atoms with Crippen LogP contribution in [0.25, 0.3) is 5.82 Å². The van der Waals surface area contributed by atoms with E-state index in [-0.39, 0.29) is 6.54 Å². The van der Waals surface area contributed by atoms with Crippen LogP contribution >= 0.6 is 0 Å². The van der Waals surface area contributed by atoms with Crippen molar-refractivity contribution in [3.63, 3.8) is 0 Å². The fraction of sp³-hybridized carbons (Fsp3) is 0.222. The molecule has 0 spiro atoms. The van der Waals surface area contributed by atoms with Crippen molar-refractivity contribution in [1.29, 1.82) is 0 Å². The highest BCUT2D eigenvalue weighted by Gasteiger charge is 2.15. The summed E-state index contributed by atoms with van der Waals surface area (Å²) in [5, 5.41) is 3.10. The van der Waals surface area contributed by atoms with Crippen molar-refractivity contribution >= 4 is 15.8 Å². The monoisotopic (exact) mass is 371 g/mol. The van der Waals surface area contributed by atoms with Gasteiger partial charge >= 0.3 is 0 Å². The summed E-state index contributed by atoms with van der Waals surface area (Å²) in [5.74, 6) is 1.37. The summed E-state index contributed by atoms with van der Waals surface area (Å²) in [4.78, 5) is 8.66. The van der Waals surface area contributed by atoms with Gasteiger partial charge < -0.3 is 9.88 Å². The van der Waals surface area contributed by atoms with E-state index in [0.29, 0.717) is 17.3 Å². The number of hydrogen-bond donors (Lipinski definition) is 2. The van der Waals surface area contributed by atoms with E-state index in [1.54, 1.807) is 25.1 Å². The second-order valence-electron chi connectivity index (χ2n) is 5.95. The number of anilines is 1. The highest BCUT2D eigenvalue weighted by molar-refractivity contribution is 7.89. The van der Waals surface area contributed by atoms with E-state index in [2.05, 4.69) is 20.0 Å². The molecule has 3 rings (SSSR count). The largest absolute Gasteiger partial charge is 0.369 e. The molecule has 0 bridgehead atoms. The third-order valence-electron chi connectivity index (χ3n) is 3.86. The summed E-state index contributed by atoms with van der Waals surface area (Å²) in [7, 11) is -3.53. The van der Waals surface area contributed by atoms with Gasteiger partial charge in [-0.05, 0) is 37.6 Å². The molecule has 3 aromatic rings. The Hall–Kier alpha value is -2.71. The minimum atomic E-state index is -3.53. The molecule has 0 fully saturated rings. The zero-order chi connectivity index (χ0) is 18.6. The Morgan fingerprint density at radius 3 is 2.54 bits per heavy atom. The molecule has 8 heteroatoms. The molecule has 0 aliphatic carbocycles. The zero-order valence-electron chi connectivity index (χ0n) is 14.7. The van der Waals surface area contributed by atoms with Crippen LogP contribution in [0, 0.1) is 13.8 Å². The molecule has 0 atom stereocenters. The van der Waals surface area contributed by atoms with E-state index in [1.165, 1.54) is 6.33 Å². The van der Waals surface area contributed by atoms with Gasteiger partial charge in [-0.3, -0.25) is 0 Å². The lowest BCUT2D eigenvalue weighted by atomic mass is 10.2. The molecule has 0 aliphatic heterocycles. The first-order chi connectivity index (χ1) is 12.5. The van der Waals surface area contributed by atoms with Crippen molar-refractivity contribution < 1.29 is 8.42 Å². The van der Waals surface area contributed by atoms with Crippen LogP contribution in [0.1, 0.15) is 11.1 Å². The number of rotatable bonds is 7. The SMILES string of the molecule is Cc1ccc(S(=O)(=O)NCCNc2cc(-n3cccc3)ncn2)c(C)c1. The van der Waals surface area contributed by atoms with Crippen LogP contribution in [-0.4, -0.2) is 36.0 Å². The molecule has 0 unspecified atom stereocenters. The fourth-order valence-corrected chi connectivity index (χ4v) is 3.88. The highest BCUT2D eigenvalue weighted by Crippen LogP contribution is 2.16. The topological polar surface area (TPSA) is 88.9 Å². The van der Waals surface area contributed by atoms with Crippen LogP contribution < -0.4 is 10.0 Å². The van der Waals surface area contributed by atoms with Gasteiger partial charge in [0.2, 0.25) is 10.0 Å². The minimum Gasteiger partial charge on any atom is -0.369 e. The predicted octanol–water partition coefficient (Wildman–Crippen LogP) is 2.27. The molecule has 0 saturated heterocycles. The molecule has 2 heterocycles. The number of hydrogen-bond acceptors (Lipinski definition) is 5. The minimum absolute atomic E-state index is 0.249. The zero-order valence-corrected chi connectivity index (χ0v) is 15.5. The van der Waals surface area contributed by atoms with E-state index in [1.807, 2.05) is 42.1 Å². The van der Waals surface area contributed by atoms with Gasteiger partial charge in [0.15, 0.2) is 0 Å². The first-order valence-electron chi connectivity index (χ1n) is 8.22. The standard InChI is InChI=1S/C18H21N5O2S/c1-14-5-6-16(15(2)11-14)26(24,25)22-8-7-19-17-12-18(21-13-20-17)23-9-3-4-10-23/h3-6,9-13,22H,7-8H2,1-2H3,(H,19,20,21). The van der Waals surface area contributed by atoms with Gasteiger partial charge in [-0.1, -0.05) is 17.7 Å². The summed E-state index contributed by atoms with van der Waals surface area (Å²) < 4.78 is 29.3. The lowest BCUT2D eigenvalue weighted by Gasteiger charge is -2.11. The summed E-state index contributed by atoms with van der Waals surface area (Å²) in [5.41, 5.74) is 1.77. The van der Waals surface area contributed by atoms with Crippen molar-refractivity contribution in [1.82, 2.24) is 19.3 Å². The number of nitrogens with one attached hydrogen (secondary N) is 2. The van der Waals surface area contributed by atoms with Crippen molar-refractivity contribution in [2.24, 2.45) is 0 Å². The molecule has 0 radical (unpaired) electrons. The van der Waals surface area contributed by atoms with Crippen LogP contribution in [0.3, 0.4) is 0 Å². The smallest absolute Gasteiger partial charge is 0.240 e. The van der Waals surface area contributed by atoms with Gasteiger partial charge in [-0.25, -0.2) is 23.1 Å². The van der Waals surface area contributed by atoms with Crippen LogP contribution in [0.15, 0.2) is 60.0 Å². The Labute approximate surface area is 153 Å². The van der Waals surface area contributed by atoms with E-state index >= 15 is 0 Å². The lowest BCUT2D eigenvalue weighted by molar-refractivity contribution is 0.582.